The van der Waals surface area contributed by atoms with Crippen molar-refractivity contribution >= 4 is 11.8 Å². The van der Waals surface area contributed by atoms with Crippen LogP contribution in [0, 0.1) is 5.41 Å². The van der Waals surface area contributed by atoms with Gasteiger partial charge in [-0.05, 0) is 24.3 Å². The van der Waals surface area contributed by atoms with Gasteiger partial charge >= 0.3 is 0 Å². The summed E-state index contributed by atoms with van der Waals surface area (Å²) >= 11 is 1.88. The second-order valence-electron chi connectivity index (χ2n) is 4.27. The highest BCUT2D eigenvalue weighted by atomic mass is 32.2. The third-order valence-electron chi connectivity index (χ3n) is 2.79. The van der Waals surface area contributed by atoms with Gasteiger partial charge in [0.25, 0.3) is 0 Å². The maximum absolute atomic E-state index is 9.25. The molecule has 1 fully saturated rings. The maximum Gasteiger partial charge on any atom is 0.0575 e. The first-order valence-corrected chi connectivity index (χ1v) is 6.66. The lowest BCUT2D eigenvalue weighted by Crippen LogP contribution is -2.47. The third kappa shape index (κ3) is 2.97. The Labute approximate surface area is 100 Å². The predicted molar refractivity (Wildman–Crippen MR) is 65.6 cm³/mol. The van der Waals surface area contributed by atoms with E-state index in [9.17, 15) is 5.11 Å². The molecule has 0 aromatic carbocycles. The van der Waals surface area contributed by atoms with Crippen LogP contribution < -0.4 is 0 Å². The Morgan fingerprint density at radius 2 is 2.31 bits per heavy atom. The summed E-state index contributed by atoms with van der Waals surface area (Å²) in [5.41, 5.74) is 1.17. The van der Waals surface area contributed by atoms with Crippen molar-refractivity contribution in [3.63, 3.8) is 0 Å². The van der Waals surface area contributed by atoms with Gasteiger partial charge < -0.3 is 9.84 Å². The Balaban J connectivity index is 1.65. The highest BCUT2D eigenvalue weighted by molar-refractivity contribution is 7.99. The van der Waals surface area contributed by atoms with E-state index in [1.165, 1.54) is 0 Å². The Bertz CT molecular complexity index is 309. The van der Waals surface area contributed by atoms with Crippen molar-refractivity contribution in [1.29, 1.82) is 0 Å². The second-order valence-corrected chi connectivity index (χ2v) is 5.38. The third-order valence-corrected chi connectivity index (χ3v) is 4.10. The number of aliphatic hydroxyl groups is 1. The van der Waals surface area contributed by atoms with Crippen molar-refractivity contribution in [1.82, 2.24) is 4.98 Å². The van der Waals surface area contributed by atoms with Crippen molar-refractivity contribution in [3.8, 4) is 0 Å². The van der Waals surface area contributed by atoms with Crippen LogP contribution in [0.3, 0.4) is 0 Å². The molecule has 0 unspecified atom stereocenters. The van der Waals surface area contributed by atoms with Crippen LogP contribution in [-0.4, -0.2) is 41.4 Å². The lowest BCUT2D eigenvalue weighted by Gasteiger charge is -2.39. The monoisotopic (exact) mass is 239 g/mol. The first-order valence-electron chi connectivity index (χ1n) is 5.51. The SMILES string of the molecule is OCC1(CSCCc2ccccn2)COC1. The molecular weight excluding hydrogens is 222 g/mol. The van der Waals surface area contributed by atoms with Crippen LogP contribution in [-0.2, 0) is 11.2 Å². The minimum Gasteiger partial charge on any atom is -0.396 e. The van der Waals surface area contributed by atoms with Crippen molar-refractivity contribution < 1.29 is 9.84 Å². The van der Waals surface area contributed by atoms with Crippen LogP contribution >= 0.6 is 11.8 Å². The van der Waals surface area contributed by atoms with Crippen LogP contribution in [0.4, 0.5) is 0 Å². The molecule has 1 aromatic rings. The zero-order chi connectivity index (χ0) is 11.3. The van der Waals surface area contributed by atoms with Gasteiger partial charge in [0.1, 0.15) is 0 Å². The summed E-state index contributed by atoms with van der Waals surface area (Å²) in [6, 6.07) is 6.00. The average Bonchev–Trinajstić information content (AvgIpc) is 2.29. The van der Waals surface area contributed by atoms with Crippen molar-refractivity contribution in [3.05, 3.63) is 30.1 Å². The lowest BCUT2D eigenvalue weighted by atomic mass is 9.90. The number of aryl methyl sites for hydroxylation is 1. The van der Waals surface area contributed by atoms with Gasteiger partial charge in [-0.3, -0.25) is 4.98 Å². The second kappa shape index (κ2) is 5.66. The zero-order valence-corrected chi connectivity index (χ0v) is 10.1. The molecule has 0 amide bonds. The molecule has 2 rings (SSSR count). The van der Waals surface area contributed by atoms with Gasteiger partial charge in [-0.2, -0.15) is 11.8 Å². The molecule has 0 saturated carbocycles. The molecule has 0 atom stereocenters. The van der Waals surface area contributed by atoms with Crippen molar-refractivity contribution in [2.24, 2.45) is 5.41 Å². The minimum atomic E-state index is 0.0365. The van der Waals surface area contributed by atoms with Gasteiger partial charge in [-0.15, -0.1) is 0 Å². The molecule has 4 heteroatoms. The largest absolute Gasteiger partial charge is 0.396 e. The van der Waals surface area contributed by atoms with E-state index >= 15 is 0 Å². The van der Waals surface area contributed by atoms with Crippen LogP contribution in [0.15, 0.2) is 24.4 Å². The van der Waals surface area contributed by atoms with E-state index in [0.717, 1.165) is 23.6 Å². The highest BCUT2D eigenvalue weighted by Gasteiger charge is 2.37. The van der Waals surface area contributed by atoms with Crippen molar-refractivity contribution in [2.75, 3.05) is 31.3 Å². The molecule has 2 heterocycles. The van der Waals surface area contributed by atoms with E-state index in [-0.39, 0.29) is 12.0 Å². The van der Waals surface area contributed by atoms with Crippen LogP contribution in [0.25, 0.3) is 0 Å². The van der Waals surface area contributed by atoms with E-state index in [1.807, 2.05) is 30.1 Å². The Morgan fingerprint density at radius 3 is 2.88 bits per heavy atom. The molecule has 1 aliphatic heterocycles. The summed E-state index contributed by atoms with van der Waals surface area (Å²) in [7, 11) is 0. The molecule has 88 valence electrons. The van der Waals surface area contributed by atoms with Gasteiger partial charge in [-0.25, -0.2) is 0 Å². The first kappa shape index (κ1) is 11.9. The van der Waals surface area contributed by atoms with Crippen LogP contribution in [0.2, 0.25) is 0 Å². The number of pyridine rings is 1. The quantitative estimate of drug-likeness (QED) is 0.761. The number of nitrogens with zero attached hydrogens (tertiary/aromatic N) is 1. The van der Waals surface area contributed by atoms with Gasteiger partial charge in [0.05, 0.1) is 19.8 Å². The standard InChI is InChI=1S/C12H17NO2S/c14-7-12(8-15-9-12)10-16-6-4-11-3-1-2-5-13-11/h1-3,5,14H,4,6-10H2. The molecular formula is C12H17NO2S. The number of hydrogen-bond donors (Lipinski definition) is 1. The summed E-state index contributed by atoms with van der Waals surface area (Å²) < 4.78 is 5.16. The summed E-state index contributed by atoms with van der Waals surface area (Å²) in [5.74, 6) is 2.04. The topological polar surface area (TPSA) is 42.4 Å². The molecule has 1 aliphatic rings. The molecule has 1 saturated heterocycles. The summed E-state index contributed by atoms with van der Waals surface area (Å²) in [6.45, 7) is 1.66. The fraction of sp³-hybridized carbons (Fsp3) is 0.583. The minimum absolute atomic E-state index is 0.0365. The molecule has 0 radical (unpaired) electrons. The fourth-order valence-electron chi connectivity index (χ4n) is 1.62. The molecule has 1 aromatic heterocycles. The smallest absolute Gasteiger partial charge is 0.0575 e. The maximum atomic E-state index is 9.25. The van der Waals surface area contributed by atoms with Gasteiger partial charge in [-0.1, -0.05) is 6.07 Å². The number of hydrogen-bond acceptors (Lipinski definition) is 4. The van der Waals surface area contributed by atoms with Crippen LogP contribution in [0.1, 0.15) is 5.69 Å². The zero-order valence-electron chi connectivity index (χ0n) is 9.26. The van der Waals surface area contributed by atoms with E-state index in [4.69, 9.17) is 4.74 Å². The van der Waals surface area contributed by atoms with E-state index in [1.54, 1.807) is 0 Å². The number of ether oxygens (including phenoxy) is 1. The lowest BCUT2D eigenvalue weighted by molar-refractivity contribution is -0.121. The number of thioether (sulfide) groups is 1. The Kier molecular flexibility index (Phi) is 4.21. The summed E-state index contributed by atoms with van der Waals surface area (Å²) in [5, 5.41) is 9.25. The fourth-order valence-corrected chi connectivity index (χ4v) is 2.81. The van der Waals surface area contributed by atoms with E-state index in [0.29, 0.717) is 13.2 Å². The molecule has 0 aliphatic carbocycles. The van der Waals surface area contributed by atoms with Gasteiger partial charge in [0.2, 0.25) is 0 Å². The predicted octanol–water partition coefficient (Wildman–Crippen LogP) is 1.37. The number of aromatic nitrogens is 1. The van der Waals surface area contributed by atoms with E-state index in [2.05, 4.69) is 11.1 Å². The average molecular weight is 239 g/mol. The van der Waals surface area contributed by atoms with E-state index < -0.39 is 0 Å². The molecule has 0 bridgehead atoms. The normalized spacial score (nSPS) is 18.1. The summed E-state index contributed by atoms with van der Waals surface area (Å²) in [4.78, 5) is 4.28. The molecule has 1 N–H and O–H groups in total. The van der Waals surface area contributed by atoms with Crippen LogP contribution in [0.5, 0.6) is 0 Å². The Morgan fingerprint density at radius 1 is 1.44 bits per heavy atom. The number of aliphatic hydroxyl groups excluding tert-OH is 1. The Hall–Kier alpha value is -0.580. The molecule has 16 heavy (non-hydrogen) atoms. The molecule has 0 spiro atoms. The first-order chi connectivity index (χ1) is 7.85. The highest BCUT2D eigenvalue weighted by Crippen LogP contribution is 2.30. The summed E-state index contributed by atoms with van der Waals surface area (Å²) in [6.07, 6.45) is 2.82. The van der Waals surface area contributed by atoms with Gasteiger partial charge in [0, 0.05) is 23.1 Å². The van der Waals surface area contributed by atoms with Crippen molar-refractivity contribution in [2.45, 2.75) is 6.42 Å². The van der Waals surface area contributed by atoms with Gasteiger partial charge in [0.15, 0.2) is 0 Å². The molecule has 3 nitrogen and oxygen atoms in total. The number of rotatable bonds is 6.